The summed E-state index contributed by atoms with van der Waals surface area (Å²) in [6, 6.07) is 16.7. The lowest BCUT2D eigenvalue weighted by molar-refractivity contribution is -0.132. The molecule has 2 atom stereocenters. The summed E-state index contributed by atoms with van der Waals surface area (Å²) in [7, 11) is 0. The molecule has 0 radical (unpaired) electrons. The predicted molar refractivity (Wildman–Crippen MR) is 116 cm³/mol. The number of thioether (sulfide) groups is 2. The molecule has 0 N–H and O–H groups in total. The average Bonchev–Trinajstić information content (AvgIpc) is 3.22. The lowest BCUT2D eigenvalue weighted by Gasteiger charge is -2.29. The van der Waals surface area contributed by atoms with Crippen molar-refractivity contribution in [3.63, 3.8) is 0 Å². The van der Waals surface area contributed by atoms with Crippen LogP contribution >= 0.6 is 23.5 Å². The van der Waals surface area contributed by atoms with E-state index in [1.165, 1.54) is 11.1 Å². The summed E-state index contributed by atoms with van der Waals surface area (Å²) < 4.78 is 0. The quantitative estimate of drug-likeness (QED) is 0.740. The minimum Gasteiger partial charge on any atom is -0.324 e. The van der Waals surface area contributed by atoms with E-state index in [0.29, 0.717) is 24.6 Å². The van der Waals surface area contributed by atoms with Gasteiger partial charge in [0, 0.05) is 13.1 Å². The highest BCUT2D eigenvalue weighted by Crippen LogP contribution is 2.41. The maximum atomic E-state index is 12.5. The summed E-state index contributed by atoms with van der Waals surface area (Å²) in [5.74, 6) is 1.32. The molecule has 0 aliphatic carbocycles. The maximum absolute atomic E-state index is 12.5. The number of rotatable bonds is 5. The lowest BCUT2D eigenvalue weighted by atomic mass is 10.1. The number of carbonyl (C=O) groups is 2. The molecule has 0 saturated carbocycles. The van der Waals surface area contributed by atoms with Crippen molar-refractivity contribution in [2.45, 2.75) is 24.6 Å². The van der Waals surface area contributed by atoms with Gasteiger partial charge in [-0.2, -0.15) is 0 Å². The number of hydrogen-bond acceptors (Lipinski definition) is 4. The number of benzene rings is 2. The Morgan fingerprint density at radius 3 is 1.61 bits per heavy atom. The zero-order valence-electron chi connectivity index (χ0n) is 16.1. The molecule has 0 unspecified atom stereocenters. The molecule has 146 valence electrons. The van der Waals surface area contributed by atoms with Crippen LogP contribution in [0.25, 0.3) is 0 Å². The molecule has 2 aliphatic rings. The second-order valence-corrected chi connectivity index (χ2v) is 9.47. The van der Waals surface area contributed by atoms with Gasteiger partial charge in [0.1, 0.15) is 10.7 Å². The first-order valence-corrected chi connectivity index (χ1v) is 11.6. The smallest absolute Gasteiger partial charge is 0.233 e. The van der Waals surface area contributed by atoms with Crippen LogP contribution in [-0.2, 0) is 9.59 Å². The number of nitrogens with zero attached hydrogens (tertiary/aromatic N) is 2. The molecule has 6 heteroatoms. The van der Waals surface area contributed by atoms with Crippen molar-refractivity contribution < 1.29 is 9.59 Å². The Morgan fingerprint density at radius 1 is 0.786 bits per heavy atom. The molecule has 0 aromatic heterocycles. The Labute approximate surface area is 174 Å². The molecule has 2 aromatic rings. The first-order chi connectivity index (χ1) is 13.5. The summed E-state index contributed by atoms with van der Waals surface area (Å²) in [5, 5.41) is 0.0744. The van der Waals surface area contributed by atoms with Crippen LogP contribution in [0.15, 0.2) is 48.5 Å². The zero-order chi connectivity index (χ0) is 19.7. The molecule has 2 heterocycles. The SMILES string of the molecule is Cc1cccc([C@H]2SCC(=O)N2CCN2C(=O)CS[C@@H]2c2cccc(C)c2)c1. The largest absolute Gasteiger partial charge is 0.324 e. The van der Waals surface area contributed by atoms with E-state index in [-0.39, 0.29) is 22.6 Å². The Bertz CT molecular complexity index is 828. The molecular weight excluding hydrogens is 388 g/mol. The van der Waals surface area contributed by atoms with Crippen molar-refractivity contribution >= 4 is 35.3 Å². The zero-order valence-corrected chi connectivity index (χ0v) is 17.8. The number of hydrogen-bond donors (Lipinski definition) is 0. The Kier molecular flexibility index (Phi) is 5.69. The van der Waals surface area contributed by atoms with E-state index in [1.807, 2.05) is 21.9 Å². The van der Waals surface area contributed by atoms with E-state index in [2.05, 4.69) is 50.2 Å². The highest BCUT2D eigenvalue weighted by Gasteiger charge is 2.36. The number of amides is 2. The lowest BCUT2D eigenvalue weighted by Crippen LogP contribution is -2.39. The van der Waals surface area contributed by atoms with Gasteiger partial charge in [-0.15, -0.1) is 23.5 Å². The molecule has 2 aliphatic heterocycles. The highest BCUT2D eigenvalue weighted by atomic mass is 32.2. The van der Waals surface area contributed by atoms with Gasteiger partial charge in [-0.3, -0.25) is 9.59 Å². The van der Waals surface area contributed by atoms with Crippen LogP contribution in [0.4, 0.5) is 0 Å². The third kappa shape index (κ3) is 3.94. The van der Waals surface area contributed by atoms with E-state index in [0.717, 1.165) is 11.1 Å². The molecule has 2 saturated heterocycles. The fraction of sp³-hybridized carbons (Fsp3) is 0.364. The second kappa shape index (κ2) is 8.21. The van der Waals surface area contributed by atoms with Crippen molar-refractivity contribution in [1.82, 2.24) is 9.80 Å². The summed E-state index contributed by atoms with van der Waals surface area (Å²) in [4.78, 5) is 28.9. The van der Waals surface area contributed by atoms with Crippen LogP contribution in [0, 0.1) is 13.8 Å². The monoisotopic (exact) mass is 412 g/mol. The molecule has 4 nitrogen and oxygen atoms in total. The number of aryl methyl sites for hydroxylation is 2. The fourth-order valence-electron chi connectivity index (χ4n) is 3.81. The fourth-order valence-corrected chi connectivity index (χ4v) is 6.22. The third-order valence-electron chi connectivity index (χ3n) is 5.17. The van der Waals surface area contributed by atoms with Gasteiger partial charge in [0.25, 0.3) is 0 Å². The van der Waals surface area contributed by atoms with Gasteiger partial charge in [-0.1, -0.05) is 59.7 Å². The topological polar surface area (TPSA) is 40.6 Å². The van der Waals surface area contributed by atoms with Crippen LogP contribution in [0.5, 0.6) is 0 Å². The van der Waals surface area contributed by atoms with E-state index in [4.69, 9.17) is 0 Å². The molecule has 28 heavy (non-hydrogen) atoms. The first kappa shape index (κ1) is 19.4. The van der Waals surface area contributed by atoms with Crippen LogP contribution in [0.1, 0.15) is 33.0 Å². The summed E-state index contributed by atoms with van der Waals surface area (Å²) in [6.45, 7) is 5.28. The molecule has 2 fully saturated rings. The second-order valence-electron chi connectivity index (χ2n) is 7.33. The van der Waals surface area contributed by atoms with E-state index in [1.54, 1.807) is 23.5 Å². The normalized spacial score (nSPS) is 22.4. The van der Waals surface area contributed by atoms with E-state index < -0.39 is 0 Å². The summed E-state index contributed by atoms with van der Waals surface area (Å²) in [5.41, 5.74) is 4.72. The Morgan fingerprint density at radius 2 is 1.21 bits per heavy atom. The van der Waals surface area contributed by atoms with Crippen molar-refractivity contribution in [3.05, 3.63) is 70.8 Å². The van der Waals surface area contributed by atoms with Crippen molar-refractivity contribution in [2.75, 3.05) is 24.6 Å². The Hall–Kier alpha value is -1.92. The van der Waals surface area contributed by atoms with E-state index >= 15 is 0 Å². The highest BCUT2D eigenvalue weighted by molar-refractivity contribution is 8.00. The summed E-state index contributed by atoms with van der Waals surface area (Å²) in [6.07, 6.45) is 0. The first-order valence-electron chi connectivity index (χ1n) is 9.48. The van der Waals surface area contributed by atoms with Gasteiger partial charge in [0.15, 0.2) is 0 Å². The number of carbonyl (C=O) groups excluding carboxylic acids is 2. The van der Waals surface area contributed by atoms with Gasteiger partial charge in [0.05, 0.1) is 11.5 Å². The molecule has 0 spiro atoms. The van der Waals surface area contributed by atoms with Crippen LogP contribution in [0.3, 0.4) is 0 Å². The van der Waals surface area contributed by atoms with Gasteiger partial charge >= 0.3 is 0 Å². The van der Waals surface area contributed by atoms with Gasteiger partial charge in [-0.25, -0.2) is 0 Å². The average molecular weight is 413 g/mol. The van der Waals surface area contributed by atoms with Crippen LogP contribution in [0.2, 0.25) is 0 Å². The van der Waals surface area contributed by atoms with Crippen molar-refractivity contribution in [1.29, 1.82) is 0 Å². The van der Waals surface area contributed by atoms with E-state index in [9.17, 15) is 9.59 Å². The summed E-state index contributed by atoms with van der Waals surface area (Å²) >= 11 is 3.34. The molecular formula is C22H24N2O2S2. The minimum absolute atomic E-state index is 0.0372. The van der Waals surface area contributed by atoms with Crippen LogP contribution < -0.4 is 0 Å². The molecule has 2 amide bonds. The third-order valence-corrected chi connectivity index (χ3v) is 7.68. The molecule has 4 rings (SSSR count). The van der Waals surface area contributed by atoms with Gasteiger partial charge in [-0.05, 0) is 25.0 Å². The van der Waals surface area contributed by atoms with Crippen molar-refractivity contribution in [3.8, 4) is 0 Å². The standard InChI is InChI=1S/C22H24N2O2S2/c1-15-5-3-7-17(11-15)21-23(19(25)13-27-21)9-10-24-20(26)14-28-22(24)18-8-4-6-16(2)12-18/h3-8,11-12,21-22H,9-10,13-14H2,1-2H3/t21-,22-/m1/s1. The molecule has 2 aromatic carbocycles. The maximum Gasteiger partial charge on any atom is 0.233 e. The van der Waals surface area contributed by atoms with Crippen molar-refractivity contribution in [2.24, 2.45) is 0 Å². The van der Waals surface area contributed by atoms with Gasteiger partial charge < -0.3 is 9.80 Å². The predicted octanol–water partition coefficient (Wildman–Crippen LogP) is 4.15. The molecule has 0 bridgehead atoms. The Balaban J connectivity index is 1.50. The van der Waals surface area contributed by atoms with Crippen LogP contribution in [-0.4, -0.2) is 46.2 Å². The minimum atomic E-state index is 0.0372. The van der Waals surface area contributed by atoms with Gasteiger partial charge in [0.2, 0.25) is 11.8 Å².